The minimum absolute atomic E-state index is 0.124. The summed E-state index contributed by atoms with van der Waals surface area (Å²) in [4.78, 5) is 21.0. The number of aliphatic hydroxyl groups excluding tert-OH is 1. The van der Waals surface area contributed by atoms with Crippen molar-refractivity contribution in [2.75, 3.05) is 28.8 Å². The molecule has 33 heavy (non-hydrogen) atoms. The Bertz CT molecular complexity index is 1210. The Morgan fingerprint density at radius 1 is 1.12 bits per heavy atom. The average Bonchev–Trinajstić information content (AvgIpc) is 3.26. The molecule has 12 heteroatoms. The molecule has 2 heterocycles. The maximum Gasteiger partial charge on any atom is 0.324 e. The Labute approximate surface area is 191 Å². The fourth-order valence-electron chi connectivity index (χ4n) is 2.71. The van der Waals surface area contributed by atoms with Crippen LogP contribution in [-0.4, -0.2) is 53.6 Å². The number of nitrogens with one attached hydrogen (secondary N) is 3. The van der Waals surface area contributed by atoms with Gasteiger partial charge in [-0.05, 0) is 45.0 Å². The first kappa shape index (κ1) is 24.1. The van der Waals surface area contributed by atoms with Gasteiger partial charge in [0, 0.05) is 35.7 Å². The molecular formula is C21H26N6O5S. The Balaban J connectivity index is 1.89. The summed E-state index contributed by atoms with van der Waals surface area (Å²) in [5.41, 5.74) is 1.44. The highest BCUT2D eigenvalue weighted by molar-refractivity contribution is 7.91. The molecule has 2 amide bonds. The van der Waals surface area contributed by atoms with Gasteiger partial charge in [-0.15, -0.1) is 0 Å². The molecule has 0 aliphatic rings. The van der Waals surface area contributed by atoms with Gasteiger partial charge in [-0.1, -0.05) is 5.16 Å². The van der Waals surface area contributed by atoms with Crippen LogP contribution in [0.4, 0.5) is 22.1 Å². The van der Waals surface area contributed by atoms with E-state index in [2.05, 4.69) is 35.6 Å². The van der Waals surface area contributed by atoms with Crippen LogP contribution >= 0.6 is 0 Å². The summed E-state index contributed by atoms with van der Waals surface area (Å²) in [6.45, 7) is 4.80. The molecule has 0 unspecified atom stereocenters. The maximum absolute atomic E-state index is 12.4. The van der Waals surface area contributed by atoms with Gasteiger partial charge in [0.25, 0.3) is 0 Å². The van der Waals surface area contributed by atoms with Crippen LogP contribution in [-0.2, 0) is 14.6 Å². The highest BCUT2D eigenvalue weighted by Crippen LogP contribution is 2.31. The van der Waals surface area contributed by atoms with Gasteiger partial charge < -0.3 is 20.3 Å². The second-order valence-corrected chi connectivity index (χ2v) is 10.6. The van der Waals surface area contributed by atoms with E-state index in [9.17, 15) is 18.3 Å². The molecule has 0 fully saturated rings. The Morgan fingerprint density at radius 3 is 2.39 bits per heavy atom. The van der Waals surface area contributed by atoms with Crippen molar-refractivity contribution in [3.05, 3.63) is 48.4 Å². The summed E-state index contributed by atoms with van der Waals surface area (Å²) < 4.78 is 28.2. The minimum atomic E-state index is -3.48. The Hall–Kier alpha value is -3.51. The molecule has 0 aliphatic heterocycles. The number of aliphatic hydroxyl groups is 1. The van der Waals surface area contributed by atoms with Crippen LogP contribution in [0.5, 0.6) is 0 Å². The zero-order valence-corrected chi connectivity index (χ0v) is 19.5. The van der Waals surface area contributed by atoms with Crippen molar-refractivity contribution < 1.29 is 22.8 Å². The molecule has 1 aromatic carbocycles. The lowest BCUT2D eigenvalue weighted by Crippen LogP contribution is -2.30. The number of anilines is 3. The molecule has 0 aliphatic carbocycles. The SMILES string of the molecule is C[C@@H](CO)Nc1cc(C(C)(C)S(C)(=O)=O)nc(-c2ccc(NC(=O)Nc3ccon3)cc2)n1. The van der Waals surface area contributed by atoms with Gasteiger partial charge >= 0.3 is 6.03 Å². The number of hydrogen-bond donors (Lipinski definition) is 4. The lowest BCUT2D eigenvalue weighted by atomic mass is 10.1. The maximum atomic E-state index is 12.4. The van der Waals surface area contributed by atoms with E-state index in [0.717, 1.165) is 6.26 Å². The molecule has 0 bridgehead atoms. The fourth-order valence-corrected chi connectivity index (χ4v) is 3.19. The third kappa shape index (κ3) is 5.84. The molecule has 0 saturated heterocycles. The summed E-state index contributed by atoms with van der Waals surface area (Å²) in [5, 5.41) is 21.2. The standard InChI is InChI=1S/C21H26N6O5S/c1-13(12-28)22-18-11-16(21(2,3)33(4,30)31)24-19(25-18)14-5-7-15(8-6-14)23-20(29)26-17-9-10-32-27-17/h5-11,13,28H,12H2,1-4H3,(H,22,24,25)(H2,23,26,27,29)/t13-/m0/s1. The Morgan fingerprint density at radius 2 is 1.82 bits per heavy atom. The summed E-state index contributed by atoms with van der Waals surface area (Å²) in [7, 11) is -3.48. The third-order valence-corrected chi connectivity index (χ3v) is 7.08. The van der Waals surface area contributed by atoms with Crippen molar-refractivity contribution >= 4 is 33.2 Å². The van der Waals surface area contributed by atoms with Crippen molar-refractivity contribution in [2.45, 2.75) is 31.6 Å². The van der Waals surface area contributed by atoms with Gasteiger partial charge in [0.15, 0.2) is 21.5 Å². The number of sulfone groups is 1. The van der Waals surface area contributed by atoms with Crippen LogP contribution in [0.25, 0.3) is 11.4 Å². The number of rotatable bonds is 8. The number of urea groups is 1. The van der Waals surface area contributed by atoms with E-state index in [0.29, 0.717) is 28.6 Å². The molecular weight excluding hydrogens is 448 g/mol. The van der Waals surface area contributed by atoms with Crippen LogP contribution in [0.3, 0.4) is 0 Å². The summed E-state index contributed by atoms with van der Waals surface area (Å²) in [5.74, 6) is 0.970. The van der Waals surface area contributed by atoms with Crippen LogP contribution in [0.2, 0.25) is 0 Å². The number of nitrogens with zero attached hydrogens (tertiary/aromatic N) is 3. The zero-order valence-electron chi connectivity index (χ0n) is 18.7. The van der Waals surface area contributed by atoms with Gasteiger partial charge in [-0.3, -0.25) is 5.32 Å². The van der Waals surface area contributed by atoms with E-state index in [4.69, 9.17) is 0 Å². The van der Waals surface area contributed by atoms with Crippen molar-refractivity contribution in [3.8, 4) is 11.4 Å². The molecule has 0 radical (unpaired) electrons. The van der Waals surface area contributed by atoms with Gasteiger partial charge in [-0.2, -0.15) is 0 Å². The molecule has 4 N–H and O–H groups in total. The lowest BCUT2D eigenvalue weighted by Gasteiger charge is -2.23. The van der Waals surface area contributed by atoms with Gasteiger partial charge in [0.2, 0.25) is 0 Å². The molecule has 0 saturated carbocycles. The lowest BCUT2D eigenvalue weighted by molar-refractivity contribution is 0.262. The van der Waals surface area contributed by atoms with Crippen LogP contribution in [0.1, 0.15) is 26.5 Å². The second kappa shape index (κ2) is 9.55. The topological polar surface area (TPSA) is 159 Å². The molecule has 3 rings (SSSR count). The molecule has 3 aromatic rings. The molecule has 0 spiro atoms. The van der Waals surface area contributed by atoms with E-state index in [1.807, 2.05) is 0 Å². The van der Waals surface area contributed by atoms with E-state index in [1.165, 1.54) is 12.3 Å². The largest absolute Gasteiger partial charge is 0.394 e. The first-order valence-corrected chi connectivity index (χ1v) is 11.9. The first-order valence-electron chi connectivity index (χ1n) is 10.0. The number of carbonyl (C=O) groups excluding carboxylic acids is 1. The van der Waals surface area contributed by atoms with Crippen LogP contribution < -0.4 is 16.0 Å². The van der Waals surface area contributed by atoms with Crippen LogP contribution in [0.15, 0.2) is 47.2 Å². The van der Waals surface area contributed by atoms with Crippen molar-refractivity contribution in [2.24, 2.45) is 0 Å². The van der Waals surface area contributed by atoms with E-state index >= 15 is 0 Å². The monoisotopic (exact) mass is 474 g/mol. The highest BCUT2D eigenvalue weighted by Gasteiger charge is 2.35. The Kier molecular flexibility index (Phi) is 6.98. The average molecular weight is 475 g/mol. The van der Waals surface area contributed by atoms with E-state index in [1.54, 1.807) is 51.1 Å². The normalized spacial score (nSPS) is 12.8. The van der Waals surface area contributed by atoms with E-state index in [-0.39, 0.29) is 18.5 Å². The number of benzene rings is 1. The number of carbonyl (C=O) groups is 1. The molecule has 1 atom stereocenters. The molecule has 2 aromatic heterocycles. The fraction of sp³-hybridized carbons (Fsp3) is 0.333. The predicted molar refractivity (Wildman–Crippen MR) is 125 cm³/mol. The summed E-state index contributed by atoms with van der Waals surface area (Å²) >= 11 is 0. The van der Waals surface area contributed by atoms with Crippen LogP contribution in [0, 0.1) is 0 Å². The van der Waals surface area contributed by atoms with Gasteiger partial charge in [0.05, 0.1) is 12.3 Å². The minimum Gasteiger partial charge on any atom is -0.394 e. The predicted octanol–water partition coefficient (Wildman–Crippen LogP) is 2.85. The van der Waals surface area contributed by atoms with Crippen molar-refractivity contribution in [1.29, 1.82) is 0 Å². The molecule has 176 valence electrons. The van der Waals surface area contributed by atoms with Gasteiger partial charge in [0.1, 0.15) is 16.8 Å². The summed E-state index contributed by atoms with van der Waals surface area (Å²) in [6.07, 6.45) is 2.50. The summed E-state index contributed by atoms with van der Waals surface area (Å²) in [6, 6.07) is 9.04. The van der Waals surface area contributed by atoms with E-state index < -0.39 is 20.6 Å². The number of amides is 2. The first-order chi connectivity index (χ1) is 15.5. The highest BCUT2D eigenvalue weighted by atomic mass is 32.2. The number of hydrogen-bond acceptors (Lipinski definition) is 9. The van der Waals surface area contributed by atoms with Gasteiger partial charge in [-0.25, -0.2) is 23.2 Å². The van der Waals surface area contributed by atoms with Crippen molar-refractivity contribution in [1.82, 2.24) is 15.1 Å². The van der Waals surface area contributed by atoms with Crippen molar-refractivity contribution in [3.63, 3.8) is 0 Å². The number of aromatic nitrogens is 3. The third-order valence-electron chi connectivity index (χ3n) is 5.02. The second-order valence-electron chi connectivity index (χ2n) is 8.01. The molecule has 11 nitrogen and oxygen atoms in total. The smallest absolute Gasteiger partial charge is 0.324 e. The quantitative estimate of drug-likeness (QED) is 0.385. The zero-order chi connectivity index (χ0) is 24.2.